The maximum absolute atomic E-state index is 10.6. The lowest BCUT2D eigenvalue weighted by molar-refractivity contribution is -0.113. The van der Waals surface area contributed by atoms with Crippen molar-refractivity contribution < 1.29 is 4.79 Å². The number of rotatable bonds is 3. The van der Waals surface area contributed by atoms with E-state index >= 15 is 0 Å². The van der Waals surface area contributed by atoms with Gasteiger partial charge in [0.2, 0.25) is 0 Å². The van der Waals surface area contributed by atoms with Gasteiger partial charge in [-0.15, -0.1) is 0 Å². The Labute approximate surface area is 61.8 Å². The molecule has 0 rings (SSSR count). The summed E-state index contributed by atoms with van der Waals surface area (Å²) in [6.45, 7) is 10.6. The molecule has 0 amide bonds. The highest BCUT2D eigenvalue weighted by Gasteiger charge is 1.92. The summed E-state index contributed by atoms with van der Waals surface area (Å²) in [4.78, 5) is 10.6. The largest absolute Gasteiger partial charge is 0.295 e. The zero-order chi connectivity index (χ0) is 8.15. The van der Waals surface area contributed by atoms with Crippen molar-refractivity contribution in [2.24, 2.45) is 0 Å². The first-order valence-corrected chi connectivity index (χ1v) is 3.07. The van der Waals surface area contributed by atoms with Crippen molar-refractivity contribution in [2.75, 3.05) is 0 Å². The van der Waals surface area contributed by atoms with Crippen LogP contribution in [0.25, 0.3) is 0 Å². The summed E-state index contributed by atoms with van der Waals surface area (Å²) in [5.41, 5.74) is 1.44. The molecule has 0 fully saturated rings. The van der Waals surface area contributed by atoms with Crippen molar-refractivity contribution in [3.8, 4) is 0 Å². The minimum absolute atomic E-state index is 0.00231. The molecule has 0 bridgehead atoms. The van der Waals surface area contributed by atoms with Gasteiger partial charge in [-0.3, -0.25) is 4.79 Å². The third kappa shape index (κ3) is 3.84. The fourth-order valence-electron chi connectivity index (χ4n) is 0.360. The molecule has 0 aliphatic rings. The normalized spacial score (nSPS) is 9.80. The fourth-order valence-corrected chi connectivity index (χ4v) is 0.360. The van der Waals surface area contributed by atoms with E-state index in [1.165, 1.54) is 6.92 Å². The monoisotopic (exact) mass is 136 g/mol. The molecule has 1 nitrogen and oxygen atoms in total. The van der Waals surface area contributed by atoms with Gasteiger partial charge in [-0.2, -0.15) is 0 Å². The molecule has 0 aliphatic carbocycles. The molecule has 0 saturated heterocycles. The predicted molar refractivity (Wildman–Crippen MR) is 43.8 cm³/mol. The molecule has 0 aliphatic heterocycles. The summed E-state index contributed by atoms with van der Waals surface area (Å²) >= 11 is 0. The zero-order valence-corrected chi connectivity index (χ0v) is 6.48. The van der Waals surface area contributed by atoms with E-state index < -0.39 is 0 Å². The number of carbonyl (C=O) groups excluding carboxylic acids is 1. The minimum Gasteiger partial charge on any atom is -0.295 e. The Morgan fingerprint density at radius 2 is 1.70 bits per heavy atom. The predicted octanol–water partition coefficient (Wildman–Crippen LogP) is 2.26. The molecule has 0 aromatic heterocycles. The van der Waals surface area contributed by atoms with Crippen molar-refractivity contribution in [1.29, 1.82) is 0 Å². The number of hydrogen-bond donors (Lipinski definition) is 0. The van der Waals surface area contributed by atoms with Gasteiger partial charge in [0, 0.05) is 5.57 Å². The maximum Gasteiger partial charge on any atom is 0.159 e. The van der Waals surface area contributed by atoms with Crippen LogP contribution in [-0.4, -0.2) is 5.78 Å². The molecule has 0 radical (unpaired) electrons. The number of allylic oxidation sites excluding steroid dienone is 4. The Morgan fingerprint density at radius 1 is 1.20 bits per heavy atom. The van der Waals surface area contributed by atoms with Gasteiger partial charge in [-0.05, 0) is 13.8 Å². The van der Waals surface area contributed by atoms with E-state index in [0.29, 0.717) is 5.57 Å². The minimum atomic E-state index is -0.00231. The van der Waals surface area contributed by atoms with Gasteiger partial charge < -0.3 is 0 Å². The number of hydrogen-bond acceptors (Lipinski definition) is 1. The third-order valence-corrected chi connectivity index (χ3v) is 1.02. The van der Waals surface area contributed by atoms with Gasteiger partial charge in [0.1, 0.15) is 0 Å². The van der Waals surface area contributed by atoms with E-state index in [-0.39, 0.29) is 5.78 Å². The molecule has 0 unspecified atom stereocenters. The lowest BCUT2D eigenvalue weighted by atomic mass is 10.2. The van der Waals surface area contributed by atoms with Crippen molar-refractivity contribution in [3.05, 3.63) is 36.5 Å². The van der Waals surface area contributed by atoms with E-state index in [4.69, 9.17) is 0 Å². The van der Waals surface area contributed by atoms with Gasteiger partial charge >= 0.3 is 0 Å². The standard InChI is InChI=1S/C9H12O/c1-7(2)5-6-8(3)9(4)10/h5-6H,1,3H2,2,4H3. The van der Waals surface area contributed by atoms with Crippen LogP contribution in [0.4, 0.5) is 0 Å². The van der Waals surface area contributed by atoms with Gasteiger partial charge in [0.05, 0.1) is 0 Å². The summed E-state index contributed by atoms with van der Waals surface area (Å²) in [6, 6.07) is 0. The molecule has 0 spiro atoms. The zero-order valence-electron chi connectivity index (χ0n) is 6.48. The van der Waals surface area contributed by atoms with Crippen molar-refractivity contribution in [1.82, 2.24) is 0 Å². The molecule has 54 valence electrons. The van der Waals surface area contributed by atoms with Crippen LogP contribution in [0, 0.1) is 0 Å². The van der Waals surface area contributed by atoms with Crippen molar-refractivity contribution in [2.45, 2.75) is 13.8 Å². The first kappa shape index (κ1) is 8.89. The molecule has 0 aromatic rings. The van der Waals surface area contributed by atoms with Crippen LogP contribution in [0.1, 0.15) is 13.8 Å². The molecular formula is C9H12O. The maximum atomic E-state index is 10.6. The average Bonchev–Trinajstić information content (AvgIpc) is 1.82. The first-order valence-electron chi connectivity index (χ1n) is 3.07. The highest BCUT2D eigenvalue weighted by Crippen LogP contribution is 1.97. The van der Waals surface area contributed by atoms with Gasteiger partial charge in [-0.25, -0.2) is 0 Å². The molecule has 10 heavy (non-hydrogen) atoms. The van der Waals surface area contributed by atoms with E-state index in [9.17, 15) is 4.79 Å². The van der Waals surface area contributed by atoms with Crippen LogP contribution in [0.15, 0.2) is 36.5 Å². The summed E-state index contributed by atoms with van der Waals surface area (Å²) < 4.78 is 0. The Morgan fingerprint density at radius 3 is 2.00 bits per heavy atom. The topological polar surface area (TPSA) is 17.1 Å². The smallest absolute Gasteiger partial charge is 0.159 e. The van der Waals surface area contributed by atoms with Gasteiger partial charge in [0.15, 0.2) is 5.78 Å². The quantitative estimate of drug-likeness (QED) is 0.429. The van der Waals surface area contributed by atoms with Crippen LogP contribution >= 0.6 is 0 Å². The first-order chi connectivity index (χ1) is 4.54. The van der Waals surface area contributed by atoms with Crippen LogP contribution < -0.4 is 0 Å². The van der Waals surface area contributed by atoms with E-state index in [1.54, 1.807) is 12.2 Å². The molecule has 0 heterocycles. The van der Waals surface area contributed by atoms with Crippen molar-refractivity contribution in [3.63, 3.8) is 0 Å². The second-order valence-corrected chi connectivity index (χ2v) is 2.26. The van der Waals surface area contributed by atoms with Crippen LogP contribution in [0.2, 0.25) is 0 Å². The highest BCUT2D eigenvalue weighted by molar-refractivity contribution is 5.95. The van der Waals surface area contributed by atoms with Gasteiger partial charge in [-0.1, -0.05) is 30.9 Å². The summed E-state index contributed by atoms with van der Waals surface area (Å²) in [6.07, 6.45) is 3.44. The molecule has 0 saturated carbocycles. The molecular weight excluding hydrogens is 124 g/mol. The van der Waals surface area contributed by atoms with Gasteiger partial charge in [0.25, 0.3) is 0 Å². The average molecular weight is 136 g/mol. The Hall–Kier alpha value is -1.11. The second-order valence-electron chi connectivity index (χ2n) is 2.26. The molecule has 0 aromatic carbocycles. The summed E-state index contributed by atoms with van der Waals surface area (Å²) in [5, 5.41) is 0. The lowest BCUT2D eigenvalue weighted by Gasteiger charge is -1.89. The summed E-state index contributed by atoms with van der Waals surface area (Å²) in [5.74, 6) is -0.00231. The number of carbonyl (C=O) groups is 1. The third-order valence-electron chi connectivity index (χ3n) is 1.02. The molecule has 0 atom stereocenters. The Kier molecular flexibility index (Phi) is 3.40. The van der Waals surface area contributed by atoms with Crippen LogP contribution in [-0.2, 0) is 4.79 Å². The Balaban J connectivity index is 4.03. The fraction of sp³-hybridized carbons (Fsp3) is 0.222. The molecule has 1 heteroatoms. The van der Waals surface area contributed by atoms with E-state index in [1.807, 2.05) is 6.92 Å². The van der Waals surface area contributed by atoms with E-state index in [0.717, 1.165) is 5.57 Å². The highest BCUT2D eigenvalue weighted by atomic mass is 16.1. The van der Waals surface area contributed by atoms with Crippen molar-refractivity contribution >= 4 is 5.78 Å². The molecule has 0 N–H and O–H groups in total. The number of Topliss-reactive ketones (excluding diaryl/α,β-unsaturated/α-hetero) is 1. The summed E-state index contributed by atoms with van der Waals surface area (Å²) in [7, 11) is 0. The second kappa shape index (κ2) is 3.83. The SMILES string of the molecule is C=C(C)C=CC(=C)C(C)=O. The lowest BCUT2D eigenvalue weighted by Crippen LogP contribution is -1.89. The number of ketones is 1. The van der Waals surface area contributed by atoms with Crippen LogP contribution in [0.5, 0.6) is 0 Å². The Bertz CT molecular complexity index is 197. The van der Waals surface area contributed by atoms with Crippen LogP contribution in [0.3, 0.4) is 0 Å². The van der Waals surface area contributed by atoms with E-state index in [2.05, 4.69) is 13.2 Å².